The first kappa shape index (κ1) is 14.6. The van der Waals surface area contributed by atoms with Gasteiger partial charge in [-0.3, -0.25) is 4.79 Å². The Bertz CT molecular complexity index is 531. The van der Waals surface area contributed by atoms with Crippen LogP contribution in [0.5, 0.6) is 0 Å². The number of aromatic nitrogens is 1. The number of amides is 1. The van der Waals surface area contributed by atoms with Crippen molar-refractivity contribution in [2.24, 2.45) is 5.73 Å². The summed E-state index contributed by atoms with van der Waals surface area (Å²) < 4.78 is 0. The highest BCUT2D eigenvalue weighted by Gasteiger charge is 2.17. The van der Waals surface area contributed by atoms with Crippen molar-refractivity contribution in [1.29, 1.82) is 0 Å². The van der Waals surface area contributed by atoms with E-state index in [1.807, 2.05) is 36.4 Å². The van der Waals surface area contributed by atoms with Gasteiger partial charge in [0.1, 0.15) is 0 Å². The van der Waals surface area contributed by atoms with E-state index in [4.69, 9.17) is 5.73 Å². The number of benzene rings is 1. The first-order valence-corrected chi connectivity index (χ1v) is 7.54. The smallest absolute Gasteiger partial charge is 0.230 e. The molecule has 0 saturated carbocycles. The number of rotatable bonds is 7. The summed E-state index contributed by atoms with van der Waals surface area (Å²) in [5.74, 6) is -0.270. The molecule has 0 fully saturated rings. The molecule has 1 aromatic heterocycles. The Hall–Kier alpha value is -1.81. The number of primary amides is 1. The van der Waals surface area contributed by atoms with Crippen LogP contribution in [0, 0.1) is 0 Å². The third-order valence-corrected chi connectivity index (χ3v) is 4.23. The fourth-order valence-corrected chi connectivity index (χ4v) is 2.93. The van der Waals surface area contributed by atoms with Crippen molar-refractivity contribution >= 4 is 17.7 Å². The molecule has 20 heavy (non-hydrogen) atoms. The zero-order valence-corrected chi connectivity index (χ0v) is 12.1. The lowest BCUT2D eigenvalue weighted by atomic mass is 10.1. The number of thioether (sulfide) groups is 1. The van der Waals surface area contributed by atoms with Crippen molar-refractivity contribution in [2.75, 3.05) is 0 Å². The van der Waals surface area contributed by atoms with Gasteiger partial charge < -0.3 is 5.73 Å². The molecule has 1 unspecified atom stereocenters. The van der Waals surface area contributed by atoms with E-state index in [1.54, 1.807) is 6.20 Å². The van der Waals surface area contributed by atoms with E-state index in [1.165, 1.54) is 17.3 Å². The van der Waals surface area contributed by atoms with Crippen molar-refractivity contribution in [3.63, 3.8) is 0 Å². The van der Waals surface area contributed by atoms with Gasteiger partial charge in [-0.25, -0.2) is 4.98 Å². The number of aryl methyl sites for hydroxylation is 1. The van der Waals surface area contributed by atoms with Crippen molar-refractivity contribution in [3.05, 3.63) is 60.3 Å². The van der Waals surface area contributed by atoms with Crippen molar-refractivity contribution in [1.82, 2.24) is 4.98 Å². The SMILES string of the molecule is NC(=O)C(CCCc1ccccc1)Sc1ccccn1. The average molecular weight is 286 g/mol. The van der Waals surface area contributed by atoms with Crippen LogP contribution >= 0.6 is 11.8 Å². The monoisotopic (exact) mass is 286 g/mol. The van der Waals surface area contributed by atoms with Crippen LogP contribution in [0.4, 0.5) is 0 Å². The quantitative estimate of drug-likeness (QED) is 0.796. The lowest BCUT2D eigenvalue weighted by Crippen LogP contribution is -2.25. The Kier molecular flexibility index (Phi) is 5.62. The molecule has 1 heterocycles. The van der Waals surface area contributed by atoms with E-state index >= 15 is 0 Å². The maximum atomic E-state index is 11.5. The van der Waals surface area contributed by atoms with Crippen LogP contribution in [0.3, 0.4) is 0 Å². The summed E-state index contributed by atoms with van der Waals surface area (Å²) in [7, 11) is 0. The molecule has 104 valence electrons. The minimum atomic E-state index is -0.270. The van der Waals surface area contributed by atoms with Crippen molar-refractivity contribution < 1.29 is 4.79 Å². The number of carbonyl (C=O) groups excluding carboxylic acids is 1. The molecule has 3 nitrogen and oxygen atoms in total. The molecule has 0 aliphatic rings. The van der Waals surface area contributed by atoms with E-state index in [0.29, 0.717) is 0 Å². The zero-order chi connectivity index (χ0) is 14.2. The van der Waals surface area contributed by atoms with Gasteiger partial charge in [0.15, 0.2) is 0 Å². The van der Waals surface area contributed by atoms with Gasteiger partial charge in [0.2, 0.25) is 5.91 Å². The van der Waals surface area contributed by atoms with E-state index in [-0.39, 0.29) is 11.2 Å². The summed E-state index contributed by atoms with van der Waals surface area (Å²) in [5.41, 5.74) is 6.77. The molecule has 0 bridgehead atoms. The Labute approximate surface area is 123 Å². The van der Waals surface area contributed by atoms with Gasteiger partial charge in [-0.1, -0.05) is 48.2 Å². The fourth-order valence-electron chi connectivity index (χ4n) is 1.96. The number of carbonyl (C=O) groups is 1. The topological polar surface area (TPSA) is 56.0 Å². The molecule has 0 aliphatic heterocycles. The zero-order valence-electron chi connectivity index (χ0n) is 11.2. The molecule has 0 spiro atoms. The Balaban J connectivity index is 1.85. The molecule has 1 aromatic carbocycles. The summed E-state index contributed by atoms with van der Waals surface area (Å²) >= 11 is 1.45. The normalized spacial score (nSPS) is 12.0. The van der Waals surface area contributed by atoms with E-state index < -0.39 is 0 Å². The third kappa shape index (κ3) is 4.70. The van der Waals surface area contributed by atoms with Gasteiger partial charge in [0, 0.05) is 6.20 Å². The molecule has 1 amide bonds. The van der Waals surface area contributed by atoms with Crippen LogP contribution in [-0.2, 0) is 11.2 Å². The van der Waals surface area contributed by atoms with Crippen LogP contribution in [0.1, 0.15) is 18.4 Å². The average Bonchev–Trinajstić information content (AvgIpc) is 2.48. The highest BCUT2D eigenvalue weighted by Crippen LogP contribution is 2.24. The second-order valence-corrected chi connectivity index (χ2v) is 5.78. The minimum Gasteiger partial charge on any atom is -0.369 e. The second kappa shape index (κ2) is 7.70. The first-order valence-electron chi connectivity index (χ1n) is 6.66. The summed E-state index contributed by atoms with van der Waals surface area (Å²) in [6.45, 7) is 0. The predicted molar refractivity (Wildman–Crippen MR) is 82.5 cm³/mol. The molecule has 0 aliphatic carbocycles. The van der Waals surface area contributed by atoms with Gasteiger partial charge in [-0.05, 0) is 37.0 Å². The van der Waals surface area contributed by atoms with E-state index in [0.717, 1.165) is 24.3 Å². The van der Waals surface area contributed by atoms with Crippen LogP contribution in [-0.4, -0.2) is 16.1 Å². The molecule has 2 N–H and O–H groups in total. The second-order valence-electron chi connectivity index (χ2n) is 4.55. The molecule has 0 radical (unpaired) electrons. The molecular formula is C16H18N2OS. The van der Waals surface area contributed by atoms with E-state index in [9.17, 15) is 4.79 Å². The first-order chi connectivity index (χ1) is 9.75. The van der Waals surface area contributed by atoms with Gasteiger partial charge in [0.05, 0.1) is 10.3 Å². The highest BCUT2D eigenvalue weighted by molar-refractivity contribution is 8.00. The number of nitrogens with two attached hydrogens (primary N) is 1. The Morgan fingerprint density at radius 3 is 2.55 bits per heavy atom. The highest BCUT2D eigenvalue weighted by atomic mass is 32.2. The minimum absolute atomic E-state index is 0.214. The molecule has 1 atom stereocenters. The number of pyridine rings is 1. The molecule has 2 rings (SSSR count). The fraction of sp³-hybridized carbons (Fsp3) is 0.250. The van der Waals surface area contributed by atoms with Gasteiger partial charge >= 0.3 is 0 Å². The maximum absolute atomic E-state index is 11.5. The summed E-state index contributed by atoms with van der Waals surface area (Å²) in [5, 5.41) is 0.629. The molecule has 0 saturated heterocycles. The Morgan fingerprint density at radius 2 is 1.90 bits per heavy atom. The maximum Gasteiger partial charge on any atom is 0.230 e. The van der Waals surface area contributed by atoms with E-state index in [2.05, 4.69) is 17.1 Å². The van der Waals surface area contributed by atoms with Crippen molar-refractivity contribution in [3.8, 4) is 0 Å². The van der Waals surface area contributed by atoms with Gasteiger partial charge in [-0.2, -0.15) is 0 Å². The number of nitrogens with zero attached hydrogens (tertiary/aromatic N) is 1. The largest absolute Gasteiger partial charge is 0.369 e. The van der Waals surface area contributed by atoms with Crippen LogP contribution in [0.25, 0.3) is 0 Å². The molecule has 2 aromatic rings. The van der Waals surface area contributed by atoms with Crippen LogP contribution in [0.15, 0.2) is 59.8 Å². The van der Waals surface area contributed by atoms with Crippen LogP contribution in [0.2, 0.25) is 0 Å². The third-order valence-electron chi connectivity index (χ3n) is 2.99. The summed E-state index contributed by atoms with van der Waals surface area (Å²) in [6, 6.07) is 15.9. The predicted octanol–water partition coefficient (Wildman–Crippen LogP) is 3.05. The lowest BCUT2D eigenvalue weighted by Gasteiger charge is -2.12. The number of hydrogen-bond acceptors (Lipinski definition) is 3. The van der Waals surface area contributed by atoms with Gasteiger partial charge in [-0.15, -0.1) is 0 Å². The van der Waals surface area contributed by atoms with Crippen LogP contribution < -0.4 is 5.73 Å². The molecular weight excluding hydrogens is 268 g/mol. The summed E-state index contributed by atoms with van der Waals surface area (Å²) in [4.78, 5) is 15.7. The summed E-state index contributed by atoms with van der Waals surface area (Å²) in [6.07, 6.45) is 4.40. The van der Waals surface area contributed by atoms with Gasteiger partial charge in [0.25, 0.3) is 0 Å². The Morgan fingerprint density at radius 1 is 1.15 bits per heavy atom. The standard InChI is InChI=1S/C16H18N2OS/c17-16(19)14(20-15-11-4-5-12-18-15)10-6-9-13-7-2-1-3-8-13/h1-5,7-8,11-12,14H,6,9-10H2,(H2,17,19). The molecule has 4 heteroatoms. The van der Waals surface area contributed by atoms with Crippen molar-refractivity contribution in [2.45, 2.75) is 29.5 Å². The lowest BCUT2D eigenvalue weighted by molar-refractivity contribution is -0.117. The number of hydrogen-bond donors (Lipinski definition) is 1.